The van der Waals surface area contributed by atoms with Gasteiger partial charge >= 0.3 is 0 Å². The molecule has 0 saturated carbocycles. The van der Waals surface area contributed by atoms with Crippen LogP contribution in [-0.4, -0.2) is 19.8 Å². The fourth-order valence-corrected chi connectivity index (χ4v) is 2.47. The first kappa shape index (κ1) is 15.9. The van der Waals surface area contributed by atoms with Crippen molar-refractivity contribution < 1.29 is 9.47 Å². The lowest BCUT2D eigenvalue weighted by Crippen LogP contribution is -2.21. The van der Waals surface area contributed by atoms with Crippen molar-refractivity contribution in [2.45, 2.75) is 45.8 Å². The van der Waals surface area contributed by atoms with Gasteiger partial charge in [-0.25, -0.2) is 0 Å². The fourth-order valence-electron chi connectivity index (χ4n) is 2.47. The van der Waals surface area contributed by atoms with E-state index in [2.05, 4.69) is 37.4 Å². The van der Waals surface area contributed by atoms with E-state index in [1.165, 1.54) is 12.8 Å². The van der Waals surface area contributed by atoms with E-state index in [4.69, 9.17) is 9.47 Å². The second kappa shape index (κ2) is 8.08. The van der Waals surface area contributed by atoms with Crippen LogP contribution in [0.25, 0.3) is 0 Å². The zero-order valence-electron chi connectivity index (χ0n) is 13.4. The summed E-state index contributed by atoms with van der Waals surface area (Å²) in [6, 6.07) is 6.05. The summed E-state index contributed by atoms with van der Waals surface area (Å²) >= 11 is 0. The number of rotatable bonds is 7. The predicted molar refractivity (Wildman–Crippen MR) is 86.9 cm³/mol. The first-order valence-corrected chi connectivity index (χ1v) is 7.90. The molecular weight excluding hydrogens is 262 g/mol. The lowest BCUT2D eigenvalue weighted by molar-refractivity contribution is 0.227. The van der Waals surface area contributed by atoms with Gasteiger partial charge in [-0.2, -0.15) is 0 Å². The van der Waals surface area contributed by atoms with Crippen LogP contribution in [0.4, 0.5) is 0 Å². The lowest BCUT2D eigenvalue weighted by Gasteiger charge is -2.21. The Labute approximate surface area is 128 Å². The number of hydrogen-bond acceptors (Lipinski definition) is 3. The summed E-state index contributed by atoms with van der Waals surface area (Å²) in [6.45, 7) is 6.23. The molecule has 1 unspecified atom stereocenters. The van der Waals surface area contributed by atoms with Gasteiger partial charge in [0.25, 0.3) is 0 Å². The average Bonchev–Trinajstić information content (AvgIpc) is 2.49. The van der Waals surface area contributed by atoms with Gasteiger partial charge in [0.2, 0.25) is 0 Å². The number of nitrogens with one attached hydrogen (secondary N) is 1. The zero-order valence-corrected chi connectivity index (χ0v) is 13.4. The van der Waals surface area contributed by atoms with Crippen LogP contribution in [0.1, 0.15) is 38.7 Å². The van der Waals surface area contributed by atoms with E-state index < -0.39 is 0 Å². The molecule has 0 fully saturated rings. The summed E-state index contributed by atoms with van der Waals surface area (Å²) < 4.78 is 11.5. The molecule has 0 heterocycles. The molecular formula is C18H27NO2. The summed E-state index contributed by atoms with van der Waals surface area (Å²) in [5.41, 5.74) is 1.16. The van der Waals surface area contributed by atoms with Crippen LogP contribution in [0.2, 0.25) is 0 Å². The van der Waals surface area contributed by atoms with Gasteiger partial charge in [-0.3, -0.25) is 0 Å². The third kappa shape index (κ3) is 5.09. The van der Waals surface area contributed by atoms with E-state index in [0.717, 1.165) is 36.6 Å². The van der Waals surface area contributed by atoms with Gasteiger partial charge < -0.3 is 14.8 Å². The SMILES string of the molecule is COc1ccc(OC2C=CCCC2)c(CNCC(C)C)c1. The molecule has 1 aliphatic carbocycles. The van der Waals surface area contributed by atoms with E-state index in [-0.39, 0.29) is 6.10 Å². The quantitative estimate of drug-likeness (QED) is 0.772. The van der Waals surface area contributed by atoms with Crippen LogP contribution in [0.3, 0.4) is 0 Å². The summed E-state index contributed by atoms with van der Waals surface area (Å²) in [6.07, 6.45) is 8.08. The molecule has 0 bridgehead atoms. The molecule has 1 aromatic carbocycles. The lowest BCUT2D eigenvalue weighted by atomic mass is 10.1. The van der Waals surface area contributed by atoms with E-state index in [1.807, 2.05) is 12.1 Å². The molecule has 0 aliphatic heterocycles. The van der Waals surface area contributed by atoms with Gasteiger partial charge in [0.15, 0.2) is 0 Å². The molecule has 3 nitrogen and oxygen atoms in total. The normalized spacial score (nSPS) is 18.0. The predicted octanol–water partition coefficient (Wildman–Crippen LogP) is 3.93. The third-order valence-electron chi connectivity index (χ3n) is 3.62. The van der Waals surface area contributed by atoms with Gasteiger partial charge in [-0.1, -0.05) is 19.9 Å². The van der Waals surface area contributed by atoms with Gasteiger partial charge in [0, 0.05) is 12.1 Å². The summed E-state index contributed by atoms with van der Waals surface area (Å²) in [7, 11) is 1.70. The average molecular weight is 289 g/mol. The Morgan fingerprint density at radius 2 is 2.19 bits per heavy atom. The maximum absolute atomic E-state index is 6.16. The van der Waals surface area contributed by atoms with Crippen molar-refractivity contribution in [3.8, 4) is 11.5 Å². The van der Waals surface area contributed by atoms with E-state index in [0.29, 0.717) is 5.92 Å². The number of ether oxygens (including phenoxy) is 2. The second-order valence-electron chi connectivity index (χ2n) is 6.01. The van der Waals surface area contributed by atoms with Crippen molar-refractivity contribution in [2.75, 3.05) is 13.7 Å². The van der Waals surface area contributed by atoms with Gasteiger partial charge in [-0.05, 0) is 56.0 Å². The Morgan fingerprint density at radius 1 is 1.33 bits per heavy atom. The molecule has 116 valence electrons. The topological polar surface area (TPSA) is 30.5 Å². The molecule has 0 aromatic heterocycles. The maximum Gasteiger partial charge on any atom is 0.124 e. The van der Waals surface area contributed by atoms with E-state index in [1.54, 1.807) is 7.11 Å². The highest BCUT2D eigenvalue weighted by atomic mass is 16.5. The zero-order chi connectivity index (χ0) is 15.1. The van der Waals surface area contributed by atoms with Gasteiger partial charge in [0.1, 0.15) is 17.6 Å². The minimum atomic E-state index is 0.205. The fraction of sp³-hybridized carbons (Fsp3) is 0.556. The van der Waals surface area contributed by atoms with Gasteiger partial charge in [-0.15, -0.1) is 0 Å². The molecule has 0 spiro atoms. The van der Waals surface area contributed by atoms with Crippen molar-refractivity contribution in [3.63, 3.8) is 0 Å². The number of hydrogen-bond donors (Lipinski definition) is 1. The Bertz CT molecular complexity index is 468. The molecule has 21 heavy (non-hydrogen) atoms. The Hall–Kier alpha value is -1.48. The smallest absolute Gasteiger partial charge is 0.124 e. The highest BCUT2D eigenvalue weighted by Crippen LogP contribution is 2.27. The minimum Gasteiger partial charge on any atom is -0.497 e. The molecule has 1 aliphatic rings. The number of methoxy groups -OCH3 is 1. The third-order valence-corrected chi connectivity index (χ3v) is 3.62. The van der Waals surface area contributed by atoms with Crippen molar-refractivity contribution in [1.82, 2.24) is 5.32 Å². The largest absolute Gasteiger partial charge is 0.497 e. The molecule has 0 saturated heterocycles. The minimum absolute atomic E-state index is 0.205. The summed E-state index contributed by atoms with van der Waals surface area (Å²) in [5, 5.41) is 3.48. The van der Waals surface area contributed by atoms with Crippen LogP contribution in [0.15, 0.2) is 30.4 Å². The highest BCUT2D eigenvalue weighted by Gasteiger charge is 2.13. The molecule has 1 N–H and O–H groups in total. The van der Waals surface area contributed by atoms with Gasteiger partial charge in [0.05, 0.1) is 7.11 Å². The monoisotopic (exact) mass is 289 g/mol. The Balaban J connectivity index is 2.06. The first-order chi connectivity index (χ1) is 10.2. The first-order valence-electron chi connectivity index (χ1n) is 7.90. The second-order valence-corrected chi connectivity index (χ2v) is 6.01. The molecule has 3 heteroatoms. The van der Waals surface area contributed by atoms with Crippen molar-refractivity contribution in [3.05, 3.63) is 35.9 Å². The standard InChI is InChI=1S/C18H27NO2/c1-14(2)12-19-13-15-11-17(20-3)9-10-18(15)21-16-7-5-4-6-8-16/h5,7,9-11,14,16,19H,4,6,8,12-13H2,1-3H3. The number of benzene rings is 1. The van der Waals surface area contributed by atoms with Crippen molar-refractivity contribution in [2.24, 2.45) is 5.92 Å². The molecule has 1 atom stereocenters. The van der Waals surface area contributed by atoms with Crippen molar-refractivity contribution >= 4 is 0 Å². The molecule has 1 aromatic rings. The summed E-state index contributed by atoms with van der Waals surface area (Å²) in [5.74, 6) is 2.48. The van der Waals surface area contributed by atoms with E-state index >= 15 is 0 Å². The highest BCUT2D eigenvalue weighted by molar-refractivity contribution is 5.40. The Kier molecular flexibility index (Phi) is 6.12. The molecule has 0 radical (unpaired) electrons. The van der Waals surface area contributed by atoms with Crippen LogP contribution in [0, 0.1) is 5.92 Å². The number of allylic oxidation sites excluding steroid dienone is 1. The summed E-state index contributed by atoms with van der Waals surface area (Å²) in [4.78, 5) is 0. The Morgan fingerprint density at radius 3 is 2.86 bits per heavy atom. The molecule has 0 amide bonds. The van der Waals surface area contributed by atoms with Crippen LogP contribution in [-0.2, 0) is 6.54 Å². The van der Waals surface area contributed by atoms with Crippen molar-refractivity contribution in [1.29, 1.82) is 0 Å². The molecule has 2 rings (SSSR count). The van der Waals surface area contributed by atoms with Crippen LogP contribution >= 0.6 is 0 Å². The van der Waals surface area contributed by atoms with Crippen LogP contribution < -0.4 is 14.8 Å². The van der Waals surface area contributed by atoms with E-state index in [9.17, 15) is 0 Å². The van der Waals surface area contributed by atoms with Crippen LogP contribution in [0.5, 0.6) is 11.5 Å². The maximum atomic E-state index is 6.16.